The van der Waals surface area contributed by atoms with Crippen LogP contribution in [0.25, 0.3) is 0 Å². The SMILES string of the molecule is CN(c1cc(Cl)nc(C2CC2)n1)C1CCCCC1O. The maximum Gasteiger partial charge on any atom is 0.135 e. The van der Waals surface area contributed by atoms with Gasteiger partial charge in [0.05, 0.1) is 12.1 Å². The predicted molar refractivity (Wildman–Crippen MR) is 75.7 cm³/mol. The summed E-state index contributed by atoms with van der Waals surface area (Å²) in [5.41, 5.74) is 0. The van der Waals surface area contributed by atoms with Crippen LogP contribution in [-0.2, 0) is 0 Å². The summed E-state index contributed by atoms with van der Waals surface area (Å²) < 4.78 is 0. The minimum Gasteiger partial charge on any atom is -0.391 e. The van der Waals surface area contributed by atoms with Gasteiger partial charge in [-0.25, -0.2) is 9.97 Å². The summed E-state index contributed by atoms with van der Waals surface area (Å²) >= 11 is 6.10. The number of hydrogen-bond donors (Lipinski definition) is 1. The van der Waals surface area contributed by atoms with Crippen molar-refractivity contribution in [3.05, 3.63) is 17.0 Å². The highest BCUT2D eigenvalue weighted by molar-refractivity contribution is 6.29. The second-order valence-corrected chi connectivity index (χ2v) is 6.10. The summed E-state index contributed by atoms with van der Waals surface area (Å²) in [5, 5.41) is 10.6. The van der Waals surface area contributed by atoms with Gasteiger partial charge in [0.2, 0.25) is 0 Å². The molecule has 0 aliphatic heterocycles. The van der Waals surface area contributed by atoms with Gasteiger partial charge in [0.25, 0.3) is 0 Å². The molecule has 104 valence electrons. The van der Waals surface area contributed by atoms with Crippen molar-refractivity contribution in [3.63, 3.8) is 0 Å². The van der Waals surface area contributed by atoms with Gasteiger partial charge in [-0.3, -0.25) is 0 Å². The summed E-state index contributed by atoms with van der Waals surface area (Å²) in [5.74, 6) is 2.19. The van der Waals surface area contributed by atoms with Crippen molar-refractivity contribution < 1.29 is 5.11 Å². The number of aliphatic hydroxyl groups is 1. The first-order valence-corrected chi connectivity index (χ1v) is 7.48. The molecular weight excluding hydrogens is 262 g/mol. The van der Waals surface area contributed by atoms with Gasteiger partial charge < -0.3 is 10.0 Å². The molecule has 2 atom stereocenters. The Labute approximate surface area is 118 Å². The number of halogens is 1. The maximum atomic E-state index is 10.1. The Morgan fingerprint density at radius 1 is 1.21 bits per heavy atom. The molecule has 1 heterocycles. The molecule has 3 rings (SSSR count). The average molecular weight is 282 g/mol. The number of likely N-dealkylation sites (N-methyl/N-ethyl adjacent to an activating group) is 1. The third-order valence-electron chi connectivity index (χ3n) is 4.19. The number of rotatable bonds is 3. The molecule has 0 spiro atoms. The fourth-order valence-electron chi connectivity index (χ4n) is 2.84. The summed E-state index contributed by atoms with van der Waals surface area (Å²) in [4.78, 5) is 11.0. The molecule has 1 aromatic heterocycles. The largest absolute Gasteiger partial charge is 0.391 e. The van der Waals surface area contributed by atoms with E-state index in [4.69, 9.17) is 11.6 Å². The molecule has 0 radical (unpaired) electrons. The van der Waals surface area contributed by atoms with E-state index in [9.17, 15) is 5.11 Å². The van der Waals surface area contributed by atoms with Gasteiger partial charge in [-0.2, -0.15) is 0 Å². The molecule has 0 amide bonds. The maximum absolute atomic E-state index is 10.1. The molecule has 5 heteroatoms. The van der Waals surface area contributed by atoms with E-state index in [0.29, 0.717) is 11.1 Å². The molecule has 2 fully saturated rings. The number of aliphatic hydroxyl groups excluding tert-OH is 1. The van der Waals surface area contributed by atoms with Crippen LogP contribution in [0.4, 0.5) is 5.82 Å². The van der Waals surface area contributed by atoms with Gasteiger partial charge in [-0.1, -0.05) is 24.4 Å². The highest BCUT2D eigenvalue weighted by atomic mass is 35.5. The Morgan fingerprint density at radius 3 is 2.63 bits per heavy atom. The molecule has 1 aromatic rings. The minimum atomic E-state index is -0.267. The molecule has 0 bridgehead atoms. The summed E-state index contributed by atoms with van der Waals surface area (Å²) in [7, 11) is 1.99. The molecule has 2 saturated carbocycles. The van der Waals surface area contributed by atoms with Crippen molar-refractivity contribution in [3.8, 4) is 0 Å². The summed E-state index contributed by atoms with van der Waals surface area (Å²) in [6, 6.07) is 1.95. The lowest BCUT2D eigenvalue weighted by Crippen LogP contribution is -2.43. The number of anilines is 1. The molecule has 0 saturated heterocycles. The number of nitrogens with zero attached hydrogens (tertiary/aromatic N) is 3. The molecule has 2 aliphatic carbocycles. The fourth-order valence-corrected chi connectivity index (χ4v) is 3.03. The lowest BCUT2D eigenvalue weighted by atomic mass is 9.91. The van der Waals surface area contributed by atoms with Gasteiger partial charge in [-0.15, -0.1) is 0 Å². The predicted octanol–water partition coefficient (Wildman–Crippen LogP) is 2.75. The monoisotopic (exact) mass is 281 g/mol. The van der Waals surface area contributed by atoms with E-state index >= 15 is 0 Å². The first kappa shape index (κ1) is 13.1. The van der Waals surface area contributed by atoms with Crippen LogP contribution in [0.5, 0.6) is 0 Å². The van der Waals surface area contributed by atoms with Crippen LogP contribution >= 0.6 is 11.6 Å². The molecule has 4 nitrogen and oxygen atoms in total. The van der Waals surface area contributed by atoms with Gasteiger partial charge in [-0.05, 0) is 25.7 Å². The van der Waals surface area contributed by atoms with Gasteiger partial charge in [0.1, 0.15) is 16.8 Å². The van der Waals surface area contributed by atoms with Gasteiger partial charge >= 0.3 is 0 Å². The van der Waals surface area contributed by atoms with Crippen molar-refractivity contribution in [2.45, 2.75) is 56.6 Å². The Kier molecular flexibility index (Phi) is 3.63. The lowest BCUT2D eigenvalue weighted by Gasteiger charge is -2.36. The molecule has 19 heavy (non-hydrogen) atoms. The zero-order valence-electron chi connectivity index (χ0n) is 11.2. The van der Waals surface area contributed by atoms with E-state index < -0.39 is 0 Å². The summed E-state index contributed by atoms with van der Waals surface area (Å²) in [6.45, 7) is 0. The molecule has 1 N–H and O–H groups in total. The second kappa shape index (κ2) is 5.25. The quantitative estimate of drug-likeness (QED) is 0.866. The van der Waals surface area contributed by atoms with E-state index in [2.05, 4.69) is 14.9 Å². The van der Waals surface area contributed by atoms with Crippen molar-refractivity contribution >= 4 is 17.4 Å². The third kappa shape index (κ3) is 2.84. The molecule has 2 unspecified atom stereocenters. The van der Waals surface area contributed by atoms with E-state index in [1.165, 1.54) is 6.42 Å². The zero-order chi connectivity index (χ0) is 13.4. The zero-order valence-corrected chi connectivity index (χ0v) is 12.0. The topological polar surface area (TPSA) is 49.2 Å². The molecular formula is C14H20ClN3O. The highest BCUT2D eigenvalue weighted by Crippen LogP contribution is 2.39. The van der Waals surface area contributed by atoms with Crippen LogP contribution in [0.2, 0.25) is 5.15 Å². The fraction of sp³-hybridized carbons (Fsp3) is 0.714. The minimum absolute atomic E-state index is 0.145. The van der Waals surface area contributed by atoms with E-state index in [0.717, 1.165) is 43.7 Å². The van der Waals surface area contributed by atoms with E-state index in [1.54, 1.807) is 6.07 Å². The Balaban J connectivity index is 1.83. The van der Waals surface area contributed by atoms with E-state index in [1.807, 2.05) is 7.05 Å². The molecule has 0 aromatic carbocycles. The van der Waals surface area contributed by atoms with Gasteiger partial charge in [0.15, 0.2) is 0 Å². The van der Waals surface area contributed by atoms with Crippen LogP contribution in [0.3, 0.4) is 0 Å². The normalized spacial score (nSPS) is 27.3. The van der Waals surface area contributed by atoms with Crippen LogP contribution in [-0.4, -0.2) is 34.3 Å². The van der Waals surface area contributed by atoms with Crippen LogP contribution in [0.1, 0.15) is 50.3 Å². The first-order chi connectivity index (χ1) is 9.15. The first-order valence-electron chi connectivity index (χ1n) is 7.10. The van der Waals surface area contributed by atoms with Crippen molar-refractivity contribution in [2.24, 2.45) is 0 Å². The number of aromatic nitrogens is 2. The van der Waals surface area contributed by atoms with Crippen molar-refractivity contribution in [1.82, 2.24) is 9.97 Å². The van der Waals surface area contributed by atoms with E-state index in [-0.39, 0.29) is 12.1 Å². The lowest BCUT2D eigenvalue weighted by molar-refractivity contribution is 0.106. The van der Waals surface area contributed by atoms with Crippen LogP contribution < -0.4 is 4.90 Å². The Bertz CT molecular complexity index is 464. The smallest absolute Gasteiger partial charge is 0.135 e. The Morgan fingerprint density at radius 2 is 1.95 bits per heavy atom. The standard InChI is InChI=1S/C14H20ClN3O/c1-18(10-4-2-3-5-11(10)19)13-8-12(15)16-14(17-13)9-6-7-9/h8-11,19H,2-7H2,1H3. The van der Waals surface area contributed by atoms with Gasteiger partial charge in [0, 0.05) is 19.0 Å². The van der Waals surface area contributed by atoms with Crippen molar-refractivity contribution in [1.29, 1.82) is 0 Å². The summed E-state index contributed by atoms with van der Waals surface area (Å²) in [6.07, 6.45) is 6.23. The highest BCUT2D eigenvalue weighted by Gasteiger charge is 2.30. The average Bonchev–Trinajstić information content (AvgIpc) is 3.22. The van der Waals surface area contributed by atoms with Crippen LogP contribution in [0.15, 0.2) is 6.07 Å². The molecule has 2 aliphatic rings. The van der Waals surface area contributed by atoms with Crippen molar-refractivity contribution in [2.75, 3.05) is 11.9 Å². The second-order valence-electron chi connectivity index (χ2n) is 5.71. The Hall–Kier alpha value is -0.870. The third-order valence-corrected chi connectivity index (χ3v) is 4.39. The van der Waals surface area contributed by atoms with Crippen LogP contribution in [0, 0.1) is 0 Å². The number of hydrogen-bond acceptors (Lipinski definition) is 4.